The van der Waals surface area contributed by atoms with E-state index in [9.17, 15) is 4.79 Å². The molecule has 2 rings (SSSR count). The van der Waals surface area contributed by atoms with Crippen molar-refractivity contribution in [3.05, 3.63) is 0 Å². The fraction of sp³-hybridized carbons (Fsp3) is 0.938. The van der Waals surface area contributed by atoms with E-state index in [1.54, 1.807) is 0 Å². The lowest BCUT2D eigenvalue weighted by atomic mass is 9.95. The van der Waals surface area contributed by atoms with Crippen LogP contribution in [0.4, 0.5) is 0 Å². The smallest absolute Gasteiger partial charge is 0.237 e. The molecular weight excluding hydrogens is 264 g/mol. The van der Waals surface area contributed by atoms with Crippen LogP contribution in [0.2, 0.25) is 0 Å². The molecule has 21 heavy (non-hydrogen) atoms. The number of hydrogen-bond donors (Lipinski definition) is 2. The Bertz CT molecular complexity index is 330. The number of nitrogens with zero attached hydrogens (tertiary/aromatic N) is 2. The molecule has 1 saturated carbocycles. The molecule has 0 aromatic rings. The molecule has 1 aliphatic heterocycles. The van der Waals surface area contributed by atoms with Gasteiger partial charge in [-0.05, 0) is 33.9 Å². The first-order chi connectivity index (χ1) is 10.1. The minimum absolute atomic E-state index is 0.104. The Hall–Kier alpha value is -0.650. The molecule has 5 heteroatoms. The second kappa shape index (κ2) is 8.11. The van der Waals surface area contributed by atoms with Gasteiger partial charge in [0.1, 0.15) is 0 Å². The zero-order chi connectivity index (χ0) is 15.2. The summed E-state index contributed by atoms with van der Waals surface area (Å²) in [6.07, 6.45) is 6.13. The molecule has 2 aliphatic rings. The summed E-state index contributed by atoms with van der Waals surface area (Å²) in [6, 6.07) is 0.792. The zero-order valence-electron chi connectivity index (χ0n) is 13.9. The molecule has 1 saturated heterocycles. The Kier molecular flexibility index (Phi) is 6.45. The number of nitrogens with one attached hydrogen (secondary N) is 2. The SMILES string of the molecule is CC(NCC1CN(C)CCN1C)C(=O)NC1CCCCC1. The Morgan fingerprint density at radius 1 is 1.19 bits per heavy atom. The topological polar surface area (TPSA) is 47.6 Å². The third kappa shape index (κ3) is 5.24. The number of rotatable bonds is 5. The van der Waals surface area contributed by atoms with Crippen LogP contribution in [0.25, 0.3) is 0 Å². The normalized spacial score (nSPS) is 27.5. The van der Waals surface area contributed by atoms with Crippen molar-refractivity contribution in [2.45, 2.75) is 57.2 Å². The van der Waals surface area contributed by atoms with Crippen molar-refractivity contribution in [1.29, 1.82) is 0 Å². The van der Waals surface area contributed by atoms with E-state index in [2.05, 4.69) is 34.5 Å². The minimum atomic E-state index is -0.104. The van der Waals surface area contributed by atoms with Gasteiger partial charge >= 0.3 is 0 Å². The summed E-state index contributed by atoms with van der Waals surface area (Å²) >= 11 is 0. The number of hydrogen-bond acceptors (Lipinski definition) is 4. The molecule has 1 heterocycles. The van der Waals surface area contributed by atoms with Crippen LogP contribution in [0.1, 0.15) is 39.0 Å². The summed E-state index contributed by atoms with van der Waals surface area (Å²) in [5, 5.41) is 6.61. The molecule has 0 aromatic carbocycles. The number of carbonyl (C=O) groups is 1. The van der Waals surface area contributed by atoms with Crippen molar-refractivity contribution in [2.75, 3.05) is 40.3 Å². The van der Waals surface area contributed by atoms with Crippen LogP contribution in [-0.2, 0) is 4.79 Å². The molecule has 0 spiro atoms. The maximum atomic E-state index is 12.2. The van der Waals surface area contributed by atoms with E-state index in [4.69, 9.17) is 0 Å². The quantitative estimate of drug-likeness (QED) is 0.782. The van der Waals surface area contributed by atoms with Crippen molar-refractivity contribution in [1.82, 2.24) is 20.4 Å². The second-order valence-corrected chi connectivity index (χ2v) is 6.87. The Labute approximate surface area is 129 Å². The maximum absolute atomic E-state index is 12.2. The fourth-order valence-electron chi connectivity index (χ4n) is 3.30. The van der Waals surface area contributed by atoms with Crippen molar-refractivity contribution < 1.29 is 4.79 Å². The highest BCUT2D eigenvalue weighted by atomic mass is 16.2. The minimum Gasteiger partial charge on any atom is -0.352 e. The van der Waals surface area contributed by atoms with E-state index in [1.807, 2.05) is 6.92 Å². The van der Waals surface area contributed by atoms with Crippen LogP contribution in [0.5, 0.6) is 0 Å². The lowest BCUT2D eigenvalue weighted by Crippen LogP contribution is -2.56. The summed E-state index contributed by atoms with van der Waals surface area (Å²) in [5.74, 6) is 0.161. The van der Waals surface area contributed by atoms with Crippen molar-refractivity contribution in [2.24, 2.45) is 0 Å². The molecule has 0 radical (unpaired) electrons. The van der Waals surface area contributed by atoms with E-state index in [0.29, 0.717) is 12.1 Å². The molecular formula is C16H32N4O. The predicted octanol–water partition coefficient (Wildman–Crippen LogP) is 0.659. The first kappa shape index (κ1) is 16.7. The number of amides is 1. The highest BCUT2D eigenvalue weighted by Gasteiger charge is 2.24. The van der Waals surface area contributed by atoms with Gasteiger partial charge < -0.3 is 15.5 Å². The molecule has 1 amide bonds. The highest BCUT2D eigenvalue weighted by molar-refractivity contribution is 5.81. The molecule has 122 valence electrons. The molecule has 2 fully saturated rings. The van der Waals surface area contributed by atoms with Crippen LogP contribution in [0.3, 0.4) is 0 Å². The summed E-state index contributed by atoms with van der Waals surface area (Å²) in [4.78, 5) is 17.0. The lowest BCUT2D eigenvalue weighted by Gasteiger charge is -2.38. The van der Waals surface area contributed by atoms with E-state index in [0.717, 1.165) is 39.0 Å². The average molecular weight is 296 g/mol. The van der Waals surface area contributed by atoms with Gasteiger partial charge in [-0.1, -0.05) is 19.3 Å². The third-order valence-corrected chi connectivity index (χ3v) is 4.98. The van der Waals surface area contributed by atoms with E-state index in [-0.39, 0.29) is 11.9 Å². The van der Waals surface area contributed by atoms with Crippen molar-refractivity contribution in [3.8, 4) is 0 Å². The van der Waals surface area contributed by atoms with Crippen LogP contribution in [-0.4, -0.2) is 74.1 Å². The van der Waals surface area contributed by atoms with E-state index in [1.165, 1.54) is 19.3 Å². The van der Waals surface area contributed by atoms with Gasteiger partial charge in [0.25, 0.3) is 0 Å². The number of carbonyl (C=O) groups excluding carboxylic acids is 1. The molecule has 1 aliphatic carbocycles. The summed E-state index contributed by atoms with van der Waals surface area (Å²) in [5.41, 5.74) is 0. The van der Waals surface area contributed by atoms with Gasteiger partial charge in [-0.3, -0.25) is 9.69 Å². The van der Waals surface area contributed by atoms with Crippen LogP contribution >= 0.6 is 0 Å². The van der Waals surface area contributed by atoms with Gasteiger partial charge in [-0.25, -0.2) is 0 Å². The first-order valence-electron chi connectivity index (χ1n) is 8.49. The molecule has 2 N–H and O–H groups in total. The monoisotopic (exact) mass is 296 g/mol. The van der Waals surface area contributed by atoms with Gasteiger partial charge in [0.2, 0.25) is 5.91 Å². The standard InChI is InChI=1S/C16H32N4O/c1-13(16(21)18-14-7-5-4-6-8-14)17-11-15-12-19(2)9-10-20(15)3/h13-15,17H,4-12H2,1-3H3,(H,18,21). The Balaban J connectivity index is 1.70. The summed E-state index contributed by atoms with van der Waals surface area (Å²) in [7, 11) is 4.34. The molecule has 2 unspecified atom stereocenters. The maximum Gasteiger partial charge on any atom is 0.237 e. The molecule has 0 bridgehead atoms. The zero-order valence-corrected chi connectivity index (χ0v) is 13.9. The van der Waals surface area contributed by atoms with Crippen LogP contribution in [0, 0.1) is 0 Å². The lowest BCUT2D eigenvalue weighted by molar-refractivity contribution is -0.123. The predicted molar refractivity (Wildman–Crippen MR) is 86.4 cm³/mol. The Morgan fingerprint density at radius 2 is 1.90 bits per heavy atom. The van der Waals surface area contributed by atoms with Gasteiger partial charge in [0.15, 0.2) is 0 Å². The summed E-state index contributed by atoms with van der Waals surface area (Å²) < 4.78 is 0. The first-order valence-corrected chi connectivity index (χ1v) is 8.49. The van der Waals surface area contributed by atoms with Gasteiger partial charge in [-0.15, -0.1) is 0 Å². The fourth-order valence-corrected chi connectivity index (χ4v) is 3.30. The van der Waals surface area contributed by atoms with Crippen LogP contribution < -0.4 is 10.6 Å². The average Bonchev–Trinajstić information content (AvgIpc) is 2.49. The highest BCUT2D eigenvalue weighted by Crippen LogP contribution is 2.17. The molecule has 5 nitrogen and oxygen atoms in total. The number of likely N-dealkylation sites (N-methyl/N-ethyl adjacent to an activating group) is 2. The van der Waals surface area contributed by atoms with Gasteiger partial charge in [0.05, 0.1) is 6.04 Å². The van der Waals surface area contributed by atoms with Crippen molar-refractivity contribution >= 4 is 5.91 Å². The van der Waals surface area contributed by atoms with Gasteiger partial charge in [0, 0.05) is 38.3 Å². The summed E-state index contributed by atoms with van der Waals surface area (Å²) in [6.45, 7) is 6.15. The largest absolute Gasteiger partial charge is 0.352 e. The molecule has 2 atom stereocenters. The molecule has 0 aromatic heterocycles. The number of piperazine rings is 1. The van der Waals surface area contributed by atoms with Gasteiger partial charge in [-0.2, -0.15) is 0 Å². The van der Waals surface area contributed by atoms with E-state index >= 15 is 0 Å². The third-order valence-electron chi connectivity index (χ3n) is 4.98. The van der Waals surface area contributed by atoms with Crippen LogP contribution in [0.15, 0.2) is 0 Å². The second-order valence-electron chi connectivity index (χ2n) is 6.87. The Morgan fingerprint density at radius 3 is 2.62 bits per heavy atom. The van der Waals surface area contributed by atoms with Crippen molar-refractivity contribution in [3.63, 3.8) is 0 Å². The van der Waals surface area contributed by atoms with E-state index < -0.39 is 0 Å².